The quantitative estimate of drug-likeness (QED) is 0.325. The molecule has 30 heavy (non-hydrogen) atoms. The Hall–Kier alpha value is -3.10. The number of benzene rings is 2. The highest BCUT2D eigenvalue weighted by molar-refractivity contribution is 7.22. The summed E-state index contributed by atoms with van der Waals surface area (Å²) in [6.45, 7) is 3.17. The minimum atomic E-state index is -0.447. The number of ether oxygens (including phenoxy) is 1. The maximum Gasteiger partial charge on any atom is 0.269 e. The molecule has 0 saturated carbocycles. The number of anilines is 1. The van der Waals surface area contributed by atoms with Gasteiger partial charge in [-0.3, -0.25) is 19.8 Å². The fraction of sp³-hybridized carbons (Fsp3) is 0.273. The molecule has 1 fully saturated rings. The van der Waals surface area contributed by atoms with Gasteiger partial charge >= 0.3 is 0 Å². The molecule has 0 bridgehead atoms. The number of hydrogen-bond acceptors (Lipinski definition) is 6. The minimum Gasteiger partial charge on any atom is -0.376 e. The van der Waals surface area contributed by atoms with Crippen molar-refractivity contribution in [3.63, 3.8) is 0 Å². The van der Waals surface area contributed by atoms with E-state index in [-0.39, 0.29) is 17.7 Å². The van der Waals surface area contributed by atoms with Crippen molar-refractivity contribution in [1.82, 2.24) is 4.98 Å². The van der Waals surface area contributed by atoms with E-state index in [4.69, 9.17) is 9.72 Å². The van der Waals surface area contributed by atoms with Crippen LogP contribution in [0.2, 0.25) is 0 Å². The molecule has 1 aliphatic rings. The third-order valence-electron chi connectivity index (χ3n) is 5.04. The van der Waals surface area contributed by atoms with Crippen LogP contribution in [0.5, 0.6) is 0 Å². The van der Waals surface area contributed by atoms with Crippen LogP contribution in [-0.4, -0.2) is 35.1 Å². The van der Waals surface area contributed by atoms with Gasteiger partial charge in [-0.05, 0) is 55.2 Å². The zero-order valence-electron chi connectivity index (χ0n) is 16.5. The second-order valence-corrected chi connectivity index (χ2v) is 8.19. The summed E-state index contributed by atoms with van der Waals surface area (Å²) in [6.07, 6.45) is 5.04. The van der Waals surface area contributed by atoms with Crippen LogP contribution in [0.15, 0.2) is 48.5 Å². The van der Waals surface area contributed by atoms with E-state index >= 15 is 0 Å². The van der Waals surface area contributed by atoms with E-state index in [9.17, 15) is 14.9 Å². The number of carbonyl (C=O) groups is 1. The molecule has 1 amide bonds. The highest BCUT2D eigenvalue weighted by Crippen LogP contribution is 2.31. The first kappa shape index (κ1) is 20.2. The van der Waals surface area contributed by atoms with Crippen LogP contribution in [-0.2, 0) is 9.53 Å². The van der Waals surface area contributed by atoms with Gasteiger partial charge in [-0.1, -0.05) is 23.5 Å². The number of aromatic nitrogens is 1. The Labute approximate surface area is 177 Å². The molecule has 2 heterocycles. The SMILES string of the molecule is Cc1cccc2sc(N(CC3CCCO3)C(=O)/C=C\c3ccc([N+](=O)[O-])cc3)nc12. The molecule has 0 radical (unpaired) electrons. The van der Waals surface area contributed by atoms with E-state index in [1.54, 1.807) is 23.1 Å². The minimum absolute atomic E-state index is 0.00478. The third-order valence-corrected chi connectivity index (χ3v) is 6.08. The van der Waals surface area contributed by atoms with Gasteiger partial charge in [-0.25, -0.2) is 4.98 Å². The van der Waals surface area contributed by atoms with Gasteiger partial charge in [0.2, 0.25) is 0 Å². The van der Waals surface area contributed by atoms with Crippen molar-refractivity contribution in [3.8, 4) is 0 Å². The summed E-state index contributed by atoms with van der Waals surface area (Å²) in [5.41, 5.74) is 2.71. The summed E-state index contributed by atoms with van der Waals surface area (Å²) in [5.74, 6) is -0.194. The number of aryl methyl sites for hydroxylation is 1. The van der Waals surface area contributed by atoms with Gasteiger partial charge < -0.3 is 4.74 Å². The van der Waals surface area contributed by atoms with E-state index in [0.29, 0.717) is 23.8 Å². The Bertz CT molecular complexity index is 1100. The van der Waals surface area contributed by atoms with E-state index in [0.717, 1.165) is 28.6 Å². The average molecular weight is 423 g/mol. The zero-order valence-corrected chi connectivity index (χ0v) is 17.3. The number of fused-ring (bicyclic) bond motifs is 1. The lowest BCUT2D eigenvalue weighted by molar-refractivity contribution is -0.384. The number of nitro groups is 1. The number of rotatable bonds is 6. The largest absolute Gasteiger partial charge is 0.376 e. The molecule has 0 spiro atoms. The number of non-ortho nitro benzene ring substituents is 1. The molecule has 154 valence electrons. The van der Waals surface area contributed by atoms with Crippen molar-refractivity contribution in [3.05, 3.63) is 69.8 Å². The fourth-order valence-corrected chi connectivity index (χ4v) is 4.47. The Morgan fingerprint density at radius 3 is 2.80 bits per heavy atom. The predicted molar refractivity (Wildman–Crippen MR) is 118 cm³/mol. The van der Waals surface area contributed by atoms with Crippen molar-refractivity contribution >= 4 is 44.4 Å². The molecule has 7 nitrogen and oxygen atoms in total. The number of nitro benzene ring substituents is 1. The second kappa shape index (κ2) is 8.73. The maximum atomic E-state index is 13.1. The fourth-order valence-electron chi connectivity index (χ4n) is 3.41. The lowest BCUT2D eigenvalue weighted by atomic mass is 10.2. The molecule has 0 N–H and O–H groups in total. The maximum absolute atomic E-state index is 13.1. The van der Waals surface area contributed by atoms with Crippen LogP contribution in [0.25, 0.3) is 16.3 Å². The Kier molecular flexibility index (Phi) is 5.87. The van der Waals surface area contributed by atoms with Gasteiger partial charge in [-0.15, -0.1) is 0 Å². The van der Waals surface area contributed by atoms with Gasteiger partial charge in [0.05, 0.1) is 27.8 Å². The number of nitrogens with zero attached hydrogens (tertiary/aromatic N) is 3. The summed E-state index contributed by atoms with van der Waals surface area (Å²) >= 11 is 1.49. The number of amides is 1. The molecule has 2 aromatic carbocycles. The summed E-state index contributed by atoms with van der Waals surface area (Å²) in [4.78, 5) is 29.8. The lowest BCUT2D eigenvalue weighted by Gasteiger charge is -2.21. The van der Waals surface area contributed by atoms with Crippen molar-refractivity contribution < 1.29 is 14.5 Å². The van der Waals surface area contributed by atoms with Crippen molar-refractivity contribution in [2.24, 2.45) is 0 Å². The number of para-hydroxylation sites is 1. The van der Waals surface area contributed by atoms with Crippen LogP contribution in [0.3, 0.4) is 0 Å². The summed E-state index contributed by atoms with van der Waals surface area (Å²) in [5, 5.41) is 11.4. The van der Waals surface area contributed by atoms with Crippen molar-refractivity contribution in [1.29, 1.82) is 0 Å². The molecule has 1 saturated heterocycles. The highest BCUT2D eigenvalue weighted by Gasteiger charge is 2.25. The van der Waals surface area contributed by atoms with Crippen molar-refractivity contribution in [2.75, 3.05) is 18.1 Å². The summed E-state index contributed by atoms with van der Waals surface area (Å²) in [7, 11) is 0. The molecule has 1 unspecified atom stereocenters. The molecule has 1 aromatic heterocycles. The van der Waals surface area contributed by atoms with Gasteiger partial charge in [0.1, 0.15) is 0 Å². The van der Waals surface area contributed by atoms with Crippen LogP contribution < -0.4 is 4.90 Å². The third kappa shape index (κ3) is 4.39. The smallest absolute Gasteiger partial charge is 0.269 e. The molecule has 4 rings (SSSR count). The Morgan fingerprint density at radius 1 is 1.33 bits per heavy atom. The number of hydrogen-bond donors (Lipinski definition) is 0. The van der Waals surface area contributed by atoms with Crippen LogP contribution in [0.4, 0.5) is 10.8 Å². The topological polar surface area (TPSA) is 85.6 Å². The molecular weight excluding hydrogens is 402 g/mol. The van der Waals surface area contributed by atoms with E-state index in [1.807, 2.05) is 25.1 Å². The Balaban J connectivity index is 1.60. The molecule has 1 atom stereocenters. The number of thiazole rings is 1. The first-order chi connectivity index (χ1) is 14.5. The lowest BCUT2D eigenvalue weighted by Crippen LogP contribution is -2.36. The Morgan fingerprint density at radius 2 is 2.13 bits per heavy atom. The molecule has 3 aromatic rings. The predicted octanol–water partition coefficient (Wildman–Crippen LogP) is 4.74. The normalized spacial score (nSPS) is 16.4. The zero-order chi connectivity index (χ0) is 21.1. The van der Waals surface area contributed by atoms with Gasteiger partial charge in [0.25, 0.3) is 11.6 Å². The van der Waals surface area contributed by atoms with Crippen LogP contribution >= 0.6 is 11.3 Å². The van der Waals surface area contributed by atoms with Crippen molar-refractivity contribution in [2.45, 2.75) is 25.9 Å². The average Bonchev–Trinajstić information content (AvgIpc) is 3.41. The molecule has 8 heteroatoms. The summed E-state index contributed by atoms with van der Waals surface area (Å²) in [6, 6.07) is 12.1. The first-order valence-electron chi connectivity index (χ1n) is 9.73. The monoisotopic (exact) mass is 423 g/mol. The number of carbonyl (C=O) groups excluding carboxylic acids is 1. The highest BCUT2D eigenvalue weighted by atomic mass is 32.1. The van der Waals surface area contributed by atoms with E-state index < -0.39 is 4.92 Å². The van der Waals surface area contributed by atoms with E-state index in [2.05, 4.69) is 0 Å². The van der Waals surface area contributed by atoms with Gasteiger partial charge in [0, 0.05) is 24.8 Å². The van der Waals surface area contributed by atoms with Crippen LogP contribution in [0.1, 0.15) is 24.0 Å². The van der Waals surface area contributed by atoms with Gasteiger partial charge in [-0.2, -0.15) is 0 Å². The summed E-state index contributed by atoms with van der Waals surface area (Å²) < 4.78 is 6.78. The van der Waals surface area contributed by atoms with Crippen LogP contribution in [0, 0.1) is 17.0 Å². The van der Waals surface area contributed by atoms with Gasteiger partial charge in [0.15, 0.2) is 5.13 Å². The standard InChI is InChI=1S/C22H21N3O4S/c1-15-4-2-6-19-21(15)23-22(30-19)24(14-18-5-3-13-29-18)20(26)12-9-16-7-10-17(11-8-16)25(27)28/h2,4,6-12,18H,3,5,13-14H2,1H3/b12-9-. The molecule has 0 aliphatic carbocycles. The molecular formula is C22H21N3O4S. The second-order valence-electron chi connectivity index (χ2n) is 7.18. The van der Waals surface area contributed by atoms with E-state index in [1.165, 1.54) is 29.5 Å². The molecule has 1 aliphatic heterocycles. The first-order valence-corrected chi connectivity index (χ1v) is 10.5.